The number of amides is 6. The SMILES string of the molecule is CC(c1ccc(Cc2ccc(N3C(=O)C=CC3=O)cc2)cc1)(c1ccc(Cc2ccc(N3C(=O)C=CC3=O)cc2)cc1)c1ccc(Cc2ccc(N3C(=O)C=CC3=O)cc2)cc1. The van der Waals surface area contributed by atoms with Crippen molar-refractivity contribution in [3.8, 4) is 0 Å². The Labute approximate surface area is 358 Å². The first kappa shape index (κ1) is 39.4. The third-order valence-corrected chi connectivity index (χ3v) is 11.8. The highest BCUT2D eigenvalue weighted by Gasteiger charge is 2.32. The van der Waals surface area contributed by atoms with E-state index in [4.69, 9.17) is 0 Å². The summed E-state index contributed by atoms with van der Waals surface area (Å²) in [4.78, 5) is 76.5. The molecule has 0 N–H and O–H groups in total. The van der Waals surface area contributed by atoms with Crippen molar-refractivity contribution in [2.24, 2.45) is 0 Å². The molecule has 0 saturated carbocycles. The first-order chi connectivity index (χ1) is 30.0. The van der Waals surface area contributed by atoms with Crippen LogP contribution in [0.3, 0.4) is 0 Å². The standard InChI is InChI=1S/C53H39N3O6/c1-53(41-14-2-35(3-15-41)32-38-8-20-44(21-9-38)54-47(57)26-27-48(54)58,42-16-4-36(5-17-42)33-39-10-22-45(23-11-39)55-49(59)28-29-50(55)60)43-18-6-37(7-19-43)34-40-12-24-46(25-13-40)56-51(61)30-31-52(56)62/h2-31H,32-34H2,1H3. The van der Waals surface area contributed by atoms with Gasteiger partial charge in [-0.05, 0) is 113 Å². The summed E-state index contributed by atoms with van der Waals surface area (Å²) < 4.78 is 0. The Hall–Kier alpha value is -8.04. The molecule has 0 atom stereocenters. The van der Waals surface area contributed by atoms with Crippen LogP contribution in [0, 0.1) is 0 Å². The predicted octanol–water partition coefficient (Wildman–Crippen LogP) is 8.10. The van der Waals surface area contributed by atoms with Crippen molar-refractivity contribution >= 4 is 52.5 Å². The number of imide groups is 3. The summed E-state index contributed by atoms with van der Waals surface area (Å²) in [5, 5.41) is 0. The summed E-state index contributed by atoms with van der Waals surface area (Å²) in [7, 11) is 0. The fourth-order valence-electron chi connectivity index (χ4n) is 8.33. The lowest BCUT2D eigenvalue weighted by Gasteiger charge is -2.32. The van der Waals surface area contributed by atoms with E-state index >= 15 is 0 Å². The minimum absolute atomic E-state index is 0.342. The number of carbonyl (C=O) groups excluding carboxylic acids is 6. The summed E-state index contributed by atoms with van der Waals surface area (Å²) >= 11 is 0. The fourth-order valence-corrected chi connectivity index (χ4v) is 8.33. The lowest BCUT2D eigenvalue weighted by Crippen LogP contribution is -2.29. The van der Waals surface area contributed by atoms with E-state index in [1.807, 2.05) is 36.4 Å². The number of carbonyl (C=O) groups is 6. The van der Waals surface area contributed by atoms with Crippen molar-refractivity contribution in [3.05, 3.63) is 232 Å². The molecule has 0 aromatic heterocycles. The van der Waals surface area contributed by atoms with E-state index in [2.05, 4.69) is 79.7 Å². The summed E-state index contributed by atoms with van der Waals surface area (Å²) in [6.07, 6.45) is 9.70. The van der Waals surface area contributed by atoms with E-state index in [1.54, 1.807) is 36.4 Å². The van der Waals surface area contributed by atoms with Crippen molar-refractivity contribution in [2.75, 3.05) is 14.7 Å². The quantitative estimate of drug-likeness (QED) is 0.0913. The van der Waals surface area contributed by atoms with E-state index in [0.29, 0.717) is 36.3 Å². The van der Waals surface area contributed by atoms with Crippen LogP contribution < -0.4 is 14.7 Å². The van der Waals surface area contributed by atoms with Gasteiger partial charge in [-0.1, -0.05) is 109 Å². The lowest BCUT2D eigenvalue weighted by atomic mass is 9.70. The molecule has 3 aliphatic heterocycles. The Balaban J connectivity index is 0.959. The van der Waals surface area contributed by atoms with Crippen molar-refractivity contribution in [1.82, 2.24) is 0 Å². The zero-order chi connectivity index (χ0) is 43.0. The van der Waals surface area contributed by atoms with Gasteiger partial charge in [-0.2, -0.15) is 0 Å². The second kappa shape index (κ2) is 16.2. The minimum atomic E-state index is -0.533. The average Bonchev–Trinajstić information content (AvgIpc) is 3.94. The van der Waals surface area contributed by atoms with Crippen LogP contribution in [-0.2, 0) is 53.4 Å². The summed E-state index contributed by atoms with van der Waals surface area (Å²) in [6.45, 7) is 2.24. The Morgan fingerprint density at radius 2 is 0.468 bits per heavy atom. The number of anilines is 3. The molecule has 9 rings (SSSR count). The molecule has 0 radical (unpaired) electrons. The van der Waals surface area contributed by atoms with Gasteiger partial charge in [0.2, 0.25) is 0 Å². The van der Waals surface area contributed by atoms with Crippen molar-refractivity contribution in [2.45, 2.75) is 31.6 Å². The van der Waals surface area contributed by atoms with Crippen molar-refractivity contribution < 1.29 is 28.8 Å². The Kier molecular flexibility index (Phi) is 10.3. The molecule has 6 aromatic rings. The molecule has 0 saturated heterocycles. The van der Waals surface area contributed by atoms with Crippen LogP contribution >= 0.6 is 0 Å². The number of rotatable bonds is 12. The van der Waals surface area contributed by atoms with Gasteiger partial charge in [-0.15, -0.1) is 0 Å². The lowest BCUT2D eigenvalue weighted by molar-refractivity contribution is -0.121. The van der Waals surface area contributed by atoms with Gasteiger partial charge in [0.05, 0.1) is 17.1 Å². The maximum Gasteiger partial charge on any atom is 0.258 e. The maximum absolute atomic E-state index is 12.2. The molecular weight excluding hydrogens is 775 g/mol. The summed E-state index contributed by atoms with van der Waals surface area (Å²) in [5.74, 6) is -2.05. The summed E-state index contributed by atoms with van der Waals surface area (Å²) in [5.41, 5.74) is 11.0. The van der Waals surface area contributed by atoms with Gasteiger partial charge in [0.15, 0.2) is 0 Å². The van der Waals surface area contributed by atoms with Crippen LogP contribution in [0.5, 0.6) is 0 Å². The third kappa shape index (κ3) is 7.63. The normalized spacial score (nSPS) is 15.0. The van der Waals surface area contributed by atoms with Gasteiger partial charge >= 0.3 is 0 Å². The van der Waals surface area contributed by atoms with Gasteiger partial charge < -0.3 is 0 Å². The fraction of sp³-hybridized carbons (Fsp3) is 0.0943. The maximum atomic E-state index is 12.2. The monoisotopic (exact) mass is 813 g/mol. The molecule has 302 valence electrons. The van der Waals surface area contributed by atoms with Crippen molar-refractivity contribution in [1.29, 1.82) is 0 Å². The second-order valence-corrected chi connectivity index (χ2v) is 15.8. The first-order valence-corrected chi connectivity index (χ1v) is 20.3. The smallest absolute Gasteiger partial charge is 0.258 e. The Bertz CT molecular complexity index is 2490. The Morgan fingerprint density at radius 3 is 0.661 bits per heavy atom. The molecule has 62 heavy (non-hydrogen) atoms. The number of nitrogens with zero attached hydrogens (tertiary/aromatic N) is 3. The van der Waals surface area contributed by atoms with E-state index in [0.717, 1.165) is 64.8 Å². The highest BCUT2D eigenvalue weighted by atomic mass is 16.2. The summed E-state index contributed by atoms with van der Waals surface area (Å²) in [6, 6.07) is 48.4. The molecular formula is C53H39N3O6. The van der Waals surface area contributed by atoms with Gasteiger partial charge in [0.1, 0.15) is 0 Å². The van der Waals surface area contributed by atoms with Crippen LogP contribution in [0.4, 0.5) is 17.1 Å². The van der Waals surface area contributed by atoms with Gasteiger partial charge in [0.25, 0.3) is 35.4 Å². The molecule has 0 spiro atoms. The zero-order valence-electron chi connectivity index (χ0n) is 33.7. The highest BCUT2D eigenvalue weighted by Crippen LogP contribution is 2.40. The van der Waals surface area contributed by atoms with E-state index in [-0.39, 0.29) is 35.4 Å². The molecule has 3 heterocycles. The molecule has 3 aliphatic rings. The molecule has 6 amide bonds. The molecule has 0 fully saturated rings. The molecule has 9 heteroatoms. The average molecular weight is 814 g/mol. The molecule has 6 aromatic carbocycles. The van der Waals surface area contributed by atoms with Crippen LogP contribution in [0.25, 0.3) is 0 Å². The van der Waals surface area contributed by atoms with Crippen LogP contribution in [-0.4, -0.2) is 35.4 Å². The predicted molar refractivity (Wildman–Crippen MR) is 238 cm³/mol. The van der Waals surface area contributed by atoms with Crippen molar-refractivity contribution in [3.63, 3.8) is 0 Å². The highest BCUT2D eigenvalue weighted by molar-refractivity contribution is 6.29. The van der Waals surface area contributed by atoms with E-state index < -0.39 is 5.41 Å². The van der Waals surface area contributed by atoms with Gasteiger partial charge in [-0.3, -0.25) is 28.8 Å². The van der Waals surface area contributed by atoms with E-state index in [9.17, 15) is 28.8 Å². The van der Waals surface area contributed by atoms with Crippen LogP contribution in [0.15, 0.2) is 182 Å². The molecule has 0 unspecified atom stereocenters. The first-order valence-electron chi connectivity index (χ1n) is 20.3. The molecule has 9 nitrogen and oxygen atoms in total. The van der Waals surface area contributed by atoms with Gasteiger partial charge in [-0.25, -0.2) is 14.7 Å². The topological polar surface area (TPSA) is 112 Å². The van der Waals surface area contributed by atoms with Crippen LogP contribution in [0.2, 0.25) is 0 Å². The number of benzene rings is 6. The number of hydrogen-bond donors (Lipinski definition) is 0. The largest absolute Gasteiger partial charge is 0.269 e. The number of hydrogen-bond acceptors (Lipinski definition) is 6. The minimum Gasteiger partial charge on any atom is -0.269 e. The van der Waals surface area contributed by atoms with E-state index in [1.165, 1.54) is 36.5 Å². The van der Waals surface area contributed by atoms with Crippen LogP contribution in [0.1, 0.15) is 57.0 Å². The molecule has 0 aliphatic carbocycles. The Morgan fingerprint density at radius 1 is 0.290 bits per heavy atom. The third-order valence-electron chi connectivity index (χ3n) is 11.8. The second-order valence-electron chi connectivity index (χ2n) is 15.8. The zero-order valence-corrected chi connectivity index (χ0v) is 33.7. The van der Waals surface area contributed by atoms with Gasteiger partial charge in [0, 0.05) is 41.9 Å². The molecule has 0 bridgehead atoms.